The van der Waals surface area contributed by atoms with E-state index in [1.54, 1.807) is 0 Å². The molecule has 2 N–H and O–H groups in total. The number of hydrogen-bond donors (Lipinski definition) is 1. The van der Waals surface area contributed by atoms with Gasteiger partial charge in [-0.2, -0.15) is 0 Å². The second-order valence-corrected chi connectivity index (χ2v) is 6.40. The molecule has 1 saturated carbocycles. The van der Waals surface area contributed by atoms with Crippen LogP contribution in [0.5, 0.6) is 0 Å². The molecule has 1 fully saturated rings. The number of nitrogens with zero attached hydrogens (tertiary/aromatic N) is 1. The minimum Gasteiger partial charge on any atom is -0.328 e. The van der Waals surface area contributed by atoms with Crippen LogP contribution in [0.3, 0.4) is 0 Å². The maximum Gasteiger partial charge on any atom is 0.0595 e. The van der Waals surface area contributed by atoms with Crippen molar-refractivity contribution in [3.05, 3.63) is 33.8 Å². The van der Waals surface area contributed by atoms with Gasteiger partial charge in [0.05, 0.1) is 10.0 Å². The second-order valence-electron chi connectivity index (χ2n) is 5.58. The summed E-state index contributed by atoms with van der Waals surface area (Å²) in [6, 6.07) is 7.26. The van der Waals surface area contributed by atoms with E-state index in [2.05, 4.69) is 24.9 Å². The van der Waals surface area contributed by atoms with Crippen LogP contribution in [0.1, 0.15) is 44.2 Å². The minimum atomic E-state index is 0.342. The SMILES string of the molecule is CC(c1ccc(Cl)c(Cl)c1)N(C)C1CCC(N)CC1. The monoisotopic (exact) mass is 300 g/mol. The fourth-order valence-corrected chi connectivity index (χ4v) is 3.14. The van der Waals surface area contributed by atoms with Crippen molar-refractivity contribution >= 4 is 23.2 Å². The number of benzene rings is 1. The van der Waals surface area contributed by atoms with Crippen LogP contribution in [0, 0.1) is 0 Å². The molecular formula is C15H22Cl2N2. The van der Waals surface area contributed by atoms with E-state index < -0.39 is 0 Å². The zero-order valence-electron chi connectivity index (χ0n) is 11.6. The van der Waals surface area contributed by atoms with Gasteiger partial charge in [0.1, 0.15) is 0 Å². The Kier molecular flexibility index (Phi) is 5.13. The van der Waals surface area contributed by atoms with E-state index in [1.807, 2.05) is 12.1 Å². The fraction of sp³-hybridized carbons (Fsp3) is 0.600. The summed E-state index contributed by atoms with van der Waals surface area (Å²) in [5.41, 5.74) is 7.18. The van der Waals surface area contributed by atoms with Gasteiger partial charge in [0.2, 0.25) is 0 Å². The molecule has 1 aliphatic carbocycles. The zero-order valence-corrected chi connectivity index (χ0v) is 13.1. The van der Waals surface area contributed by atoms with Gasteiger partial charge in [-0.3, -0.25) is 4.90 Å². The van der Waals surface area contributed by atoms with Crippen molar-refractivity contribution < 1.29 is 0 Å². The predicted octanol–water partition coefficient (Wildman–Crippen LogP) is 4.26. The lowest BCUT2D eigenvalue weighted by atomic mass is 9.90. The Balaban J connectivity index is 2.05. The van der Waals surface area contributed by atoms with E-state index in [9.17, 15) is 0 Å². The number of rotatable bonds is 3. The van der Waals surface area contributed by atoms with E-state index in [1.165, 1.54) is 18.4 Å². The number of hydrogen-bond acceptors (Lipinski definition) is 2. The van der Waals surface area contributed by atoms with Crippen molar-refractivity contribution in [3.63, 3.8) is 0 Å². The molecule has 0 radical (unpaired) electrons. The number of halogens is 2. The van der Waals surface area contributed by atoms with Crippen molar-refractivity contribution in [2.24, 2.45) is 5.73 Å². The maximum absolute atomic E-state index is 6.10. The average molecular weight is 301 g/mol. The summed E-state index contributed by atoms with van der Waals surface area (Å²) in [5, 5.41) is 1.24. The molecule has 0 amide bonds. The number of nitrogens with two attached hydrogens (primary N) is 1. The van der Waals surface area contributed by atoms with E-state index in [0.717, 1.165) is 12.8 Å². The van der Waals surface area contributed by atoms with Crippen molar-refractivity contribution in [2.75, 3.05) is 7.05 Å². The average Bonchev–Trinajstić information content (AvgIpc) is 2.41. The molecule has 2 rings (SSSR count). The summed E-state index contributed by atoms with van der Waals surface area (Å²) in [4.78, 5) is 2.44. The van der Waals surface area contributed by atoms with Gasteiger partial charge in [0, 0.05) is 18.1 Å². The Morgan fingerprint density at radius 2 is 1.79 bits per heavy atom. The van der Waals surface area contributed by atoms with E-state index >= 15 is 0 Å². The van der Waals surface area contributed by atoms with Gasteiger partial charge in [-0.25, -0.2) is 0 Å². The first-order valence-corrected chi connectivity index (χ1v) is 7.67. The summed E-state index contributed by atoms with van der Waals surface area (Å²) >= 11 is 12.1. The molecule has 1 aromatic carbocycles. The third-order valence-corrected chi connectivity index (χ3v) is 5.09. The normalized spacial score (nSPS) is 25.6. The van der Waals surface area contributed by atoms with Gasteiger partial charge in [-0.05, 0) is 57.4 Å². The predicted molar refractivity (Wildman–Crippen MR) is 82.9 cm³/mol. The standard InChI is InChI=1S/C15H22Cl2N2/c1-10(11-3-8-14(16)15(17)9-11)19(2)13-6-4-12(18)5-7-13/h3,8-10,12-13H,4-7,18H2,1-2H3. The Hall–Kier alpha value is -0.280. The topological polar surface area (TPSA) is 29.3 Å². The van der Waals surface area contributed by atoms with Crippen LogP contribution in [0.25, 0.3) is 0 Å². The highest BCUT2D eigenvalue weighted by atomic mass is 35.5. The maximum atomic E-state index is 6.10. The zero-order chi connectivity index (χ0) is 14.0. The van der Waals surface area contributed by atoms with Crippen LogP contribution >= 0.6 is 23.2 Å². The highest BCUT2D eigenvalue weighted by Crippen LogP contribution is 2.31. The Bertz CT molecular complexity index is 428. The van der Waals surface area contributed by atoms with Crippen LogP contribution in [0.15, 0.2) is 18.2 Å². The molecule has 0 spiro atoms. The quantitative estimate of drug-likeness (QED) is 0.904. The molecule has 2 nitrogen and oxygen atoms in total. The lowest BCUT2D eigenvalue weighted by Gasteiger charge is -2.37. The third kappa shape index (κ3) is 3.63. The molecule has 0 aromatic heterocycles. The van der Waals surface area contributed by atoms with E-state index in [-0.39, 0.29) is 0 Å². The largest absolute Gasteiger partial charge is 0.328 e. The molecule has 1 atom stereocenters. The Labute approximate surface area is 125 Å². The molecule has 4 heteroatoms. The van der Waals surface area contributed by atoms with Gasteiger partial charge in [0.15, 0.2) is 0 Å². The first-order chi connectivity index (χ1) is 8.99. The minimum absolute atomic E-state index is 0.342. The summed E-state index contributed by atoms with van der Waals surface area (Å²) in [5.74, 6) is 0. The van der Waals surface area contributed by atoms with Gasteiger partial charge in [0.25, 0.3) is 0 Å². The highest BCUT2D eigenvalue weighted by Gasteiger charge is 2.25. The van der Waals surface area contributed by atoms with Crippen molar-refractivity contribution in [1.29, 1.82) is 0 Å². The highest BCUT2D eigenvalue weighted by molar-refractivity contribution is 6.42. The molecule has 19 heavy (non-hydrogen) atoms. The van der Waals surface area contributed by atoms with Crippen LogP contribution in [0.4, 0.5) is 0 Å². The fourth-order valence-electron chi connectivity index (χ4n) is 2.83. The van der Waals surface area contributed by atoms with Crippen molar-refractivity contribution in [1.82, 2.24) is 4.90 Å². The second kappa shape index (κ2) is 6.45. The molecule has 0 saturated heterocycles. The molecule has 0 bridgehead atoms. The smallest absolute Gasteiger partial charge is 0.0595 e. The lowest BCUT2D eigenvalue weighted by Crippen LogP contribution is -2.39. The third-order valence-electron chi connectivity index (χ3n) is 4.35. The molecule has 0 heterocycles. The van der Waals surface area contributed by atoms with E-state index in [4.69, 9.17) is 28.9 Å². The van der Waals surface area contributed by atoms with Crippen LogP contribution < -0.4 is 5.73 Å². The molecule has 1 unspecified atom stereocenters. The van der Waals surface area contributed by atoms with Crippen LogP contribution in [0.2, 0.25) is 10.0 Å². The van der Waals surface area contributed by atoms with Crippen LogP contribution in [-0.2, 0) is 0 Å². The van der Waals surface area contributed by atoms with Crippen molar-refractivity contribution in [3.8, 4) is 0 Å². The Morgan fingerprint density at radius 3 is 2.37 bits per heavy atom. The Morgan fingerprint density at radius 1 is 1.16 bits per heavy atom. The van der Waals surface area contributed by atoms with Gasteiger partial charge >= 0.3 is 0 Å². The van der Waals surface area contributed by atoms with Crippen molar-refractivity contribution in [2.45, 2.75) is 50.7 Å². The first kappa shape index (κ1) is 15.1. The summed E-state index contributed by atoms with van der Waals surface area (Å²) in [7, 11) is 2.19. The molecule has 106 valence electrons. The van der Waals surface area contributed by atoms with E-state index in [0.29, 0.717) is 28.2 Å². The van der Waals surface area contributed by atoms with Gasteiger partial charge < -0.3 is 5.73 Å². The molecule has 0 aliphatic heterocycles. The first-order valence-electron chi connectivity index (χ1n) is 6.91. The van der Waals surface area contributed by atoms with Crippen LogP contribution in [-0.4, -0.2) is 24.0 Å². The summed E-state index contributed by atoms with van der Waals surface area (Å²) in [6.45, 7) is 2.22. The lowest BCUT2D eigenvalue weighted by molar-refractivity contribution is 0.140. The molecular weight excluding hydrogens is 279 g/mol. The van der Waals surface area contributed by atoms with Gasteiger partial charge in [-0.1, -0.05) is 29.3 Å². The summed E-state index contributed by atoms with van der Waals surface area (Å²) < 4.78 is 0. The summed E-state index contributed by atoms with van der Waals surface area (Å²) in [6.07, 6.45) is 4.62. The van der Waals surface area contributed by atoms with Gasteiger partial charge in [-0.15, -0.1) is 0 Å². The molecule has 1 aromatic rings. The molecule has 1 aliphatic rings.